The van der Waals surface area contributed by atoms with Gasteiger partial charge in [0, 0.05) is 24.0 Å². The number of carbonyl (C=O) groups is 1. The summed E-state index contributed by atoms with van der Waals surface area (Å²) in [5.41, 5.74) is 2.44. The minimum atomic E-state index is -0.479. The molecule has 6 heteroatoms. The Labute approximate surface area is 176 Å². The van der Waals surface area contributed by atoms with E-state index in [0.717, 1.165) is 24.0 Å². The Hall–Kier alpha value is -3.41. The van der Waals surface area contributed by atoms with Gasteiger partial charge in [0.15, 0.2) is 5.82 Å². The Balaban J connectivity index is 1.68. The van der Waals surface area contributed by atoms with Crippen molar-refractivity contribution >= 4 is 11.7 Å². The molecule has 0 bridgehead atoms. The topological polar surface area (TPSA) is 76.0 Å². The van der Waals surface area contributed by atoms with Crippen LogP contribution in [-0.4, -0.2) is 21.5 Å². The van der Waals surface area contributed by atoms with Crippen LogP contribution in [0.3, 0.4) is 0 Å². The molecule has 1 aromatic heterocycles. The fourth-order valence-electron chi connectivity index (χ4n) is 3.42. The van der Waals surface area contributed by atoms with E-state index in [0.29, 0.717) is 11.3 Å². The van der Waals surface area contributed by atoms with E-state index in [4.69, 9.17) is 0 Å². The molecule has 0 saturated heterocycles. The van der Waals surface area contributed by atoms with Gasteiger partial charge in [-0.1, -0.05) is 36.4 Å². The molecule has 1 amide bonds. The van der Waals surface area contributed by atoms with E-state index in [1.807, 2.05) is 57.2 Å². The average Bonchev–Trinajstić information content (AvgIpc) is 3.55. The van der Waals surface area contributed by atoms with E-state index in [-0.39, 0.29) is 23.3 Å². The van der Waals surface area contributed by atoms with Crippen LogP contribution in [0.4, 0.5) is 5.82 Å². The van der Waals surface area contributed by atoms with Crippen molar-refractivity contribution in [2.24, 2.45) is 0 Å². The lowest BCUT2D eigenvalue weighted by atomic mass is 9.94. The van der Waals surface area contributed by atoms with Gasteiger partial charge in [-0.15, -0.1) is 0 Å². The third-order valence-corrected chi connectivity index (χ3v) is 5.41. The zero-order valence-electron chi connectivity index (χ0n) is 17.5. The number of rotatable bonds is 6. The van der Waals surface area contributed by atoms with Crippen LogP contribution in [0.1, 0.15) is 48.2 Å². The largest absolute Gasteiger partial charge is 0.357 e. The Morgan fingerprint density at radius 3 is 2.57 bits per heavy atom. The van der Waals surface area contributed by atoms with Gasteiger partial charge in [-0.05, 0) is 56.9 Å². The first-order valence-corrected chi connectivity index (χ1v) is 10.2. The van der Waals surface area contributed by atoms with Crippen molar-refractivity contribution in [1.29, 1.82) is 0 Å². The Bertz CT molecular complexity index is 1130. The van der Waals surface area contributed by atoms with Gasteiger partial charge >= 0.3 is 0 Å². The highest BCUT2D eigenvalue weighted by Crippen LogP contribution is 2.24. The number of hydrogen-bond acceptors (Lipinski definition) is 4. The van der Waals surface area contributed by atoms with Gasteiger partial charge in [-0.3, -0.25) is 14.2 Å². The lowest BCUT2D eigenvalue weighted by Crippen LogP contribution is -2.33. The summed E-state index contributed by atoms with van der Waals surface area (Å²) in [6.07, 6.45) is 5.29. The van der Waals surface area contributed by atoms with Crippen LogP contribution in [0.15, 0.2) is 65.7 Å². The van der Waals surface area contributed by atoms with E-state index in [9.17, 15) is 9.59 Å². The maximum atomic E-state index is 13.2. The normalized spacial score (nSPS) is 13.7. The minimum absolute atomic E-state index is 0.107. The molecule has 1 saturated carbocycles. The molecule has 2 aromatic carbocycles. The lowest BCUT2D eigenvalue weighted by molar-refractivity contribution is 0.0951. The predicted octanol–water partition coefficient (Wildman–Crippen LogP) is 3.78. The zero-order valence-corrected chi connectivity index (χ0v) is 17.5. The van der Waals surface area contributed by atoms with Crippen LogP contribution in [0.25, 0.3) is 5.69 Å². The summed E-state index contributed by atoms with van der Waals surface area (Å²) in [5, 5.41) is 6.27. The van der Waals surface area contributed by atoms with Gasteiger partial charge in [0.2, 0.25) is 0 Å². The molecule has 3 aromatic rings. The number of benzene rings is 2. The molecule has 4 rings (SSSR count). The van der Waals surface area contributed by atoms with Crippen molar-refractivity contribution in [2.45, 2.75) is 45.2 Å². The SMILES string of the molecule is Cc1ccc(C(=O)NC2CC2)cc1-n1ccnc(NC(C)(C)c2ccccc2)c1=O. The number of amides is 1. The Kier molecular flexibility index (Phi) is 5.16. The van der Waals surface area contributed by atoms with E-state index in [1.165, 1.54) is 0 Å². The molecule has 0 atom stereocenters. The van der Waals surface area contributed by atoms with Gasteiger partial charge < -0.3 is 10.6 Å². The summed E-state index contributed by atoms with van der Waals surface area (Å²) >= 11 is 0. The zero-order chi connectivity index (χ0) is 21.3. The predicted molar refractivity (Wildman–Crippen MR) is 118 cm³/mol. The van der Waals surface area contributed by atoms with Gasteiger partial charge in [0.1, 0.15) is 0 Å². The molecule has 2 N–H and O–H groups in total. The van der Waals surface area contributed by atoms with Crippen molar-refractivity contribution in [2.75, 3.05) is 5.32 Å². The number of aryl methyl sites for hydroxylation is 1. The summed E-state index contributed by atoms with van der Waals surface area (Å²) < 4.78 is 1.54. The van der Waals surface area contributed by atoms with E-state index in [1.54, 1.807) is 29.1 Å². The van der Waals surface area contributed by atoms with Crippen LogP contribution < -0.4 is 16.2 Å². The second-order valence-corrected chi connectivity index (χ2v) is 8.32. The summed E-state index contributed by atoms with van der Waals surface area (Å²) in [6.45, 7) is 5.94. The fraction of sp³-hybridized carbons (Fsp3) is 0.292. The molecule has 30 heavy (non-hydrogen) atoms. The van der Waals surface area contributed by atoms with Crippen LogP contribution in [0, 0.1) is 6.92 Å². The van der Waals surface area contributed by atoms with E-state index >= 15 is 0 Å². The maximum absolute atomic E-state index is 13.2. The summed E-state index contributed by atoms with van der Waals surface area (Å²) in [4.78, 5) is 30.0. The highest BCUT2D eigenvalue weighted by molar-refractivity contribution is 5.95. The molecule has 1 aliphatic rings. The third-order valence-electron chi connectivity index (χ3n) is 5.41. The first-order chi connectivity index (χ1) is 14.3. The highest BCUT2D eigenvalue weighted by Gasteiger charge is 2.25. The van der Waals surface area contributed by atoms with Gasteiger partial charge in [0.25, 0.3) is 11.5 Å². The minimum Gasteiger partial charge on any atom is -0.357 e. The van der Waals surface area contributed by atoms with Gasteiger partial charge in [-0.25, -0.2) is 4.98 Å². The van der Waals surface area contributed by atoms with E-state index in [2.05, 4.69) is 15.6 Å². The highest BCUT2D eigenvalue weighted by atomic mass is 16.2. The number of nitrogens with one attached hydrogen (secondary N) is 2. The van der Waals surface area contributed by atoms with Gasteiger partial charge in [0.05, 0.1) is 11.2 Å². The standard InChI is InChI=1S/C24H26N4O2/c1-16-9-10-17(22(29)26-19-11-12-19)15-20(16)28-14-13-25-21(23(28)30)27-24(2,3)18-7-5-4-6-8-18/h4-10,13-15,19H,11-12H2,1-3H3,(H,25,27)(H,26,29). The van der Waals surface area contributed by atoms with Crippen LogP contribution in [0.5, 0.6) is 0 Å². The average molecular weight is 402 g/mol. The van der Waals surface area contributed by atoms with Crippen molar-refractivity contribution in [3.8, 4) is 5.69 Å². The van der Waals surface area contributed by atoms with Crippen LogP contribution in [0.2, 0.25) is 0 Å². The first kappa shape index (κ1) is 19.9. The molecule has 1 aliphatic carbocycles. The summed E-state index contributed by atoms with van der Waals surface area (Å²) in [5.74, 6) is 0.156. The van der Waals surface area contributed by atoms with Crippen molar-refractivity contribution in [1.82, 2.24) is 14.9 Å². The third kappa shape index (κ3) is 4.13. The van der Waals surface area contributed by atoms with Crippen LogP contribution >= 0.6 is 0 Å². The number of aromatic nitrogens is 2. The second kappa shape index (κ2) is 7.78. The monoisotopic (exact) mass is 402 g/mol. The summed E-state index contributed by atoms with van der Waals surface area (Å²) in [7, 11) is 0. The number of hydrogen-bond donors (Lipinski definition) is 2. The number of anilines is 1. The first-order valence-electron chi connectivity index (χ1n) is 10.2. The molecular formula is C24H26N4O2. The molecule has 0 spiro atoms. The van der Waals surface area contributed by atoms with Gasteiger partial charge in [-0.2, -0.15) is 0 Å². The Morgan fingerprint density at radius 1 is 1.13 bits per heavy atom. The molecular weight excluding hydrogens is 376 g/mol. The quantitative estimate of drug-likeness (QED) is 0.658. The molecule has 0 unspecified atom stereocenters. The fourth-order valence-corrected chi connectivity index (χ4v) is 3.42. The van der Waals surface area contributed by atoms with Crippen molar-refractivity contribution in [3.05, 3.63) is 88.0 Å². The second-order valence-electron chi connectivity index (χ2n) is 8.32. The van der Waals surface area contributed by atoms with Crippen LogP contribution in [-0.2, 0) is 5.54 Å². The molecule has 1 fully saturated rings. The van der Waals surface area contributed by atoms with Crippen molar-refractivity contribution < 1.29 is 4.79 Å². The smallest absolute Gasteiger partial charge is 0.297 e. The number of nitrogens with zero attached hydrogens (tertiary/aromatic N) is 2. The Morgan fingerprint density at radius 2 is 1.87 bits per heavy atom. The molecule has 6 nitrogen and oxygen atoms in total. The van der Waals surface area contributed by atoms with Crippen molar-refractivity contribution in [3.63, 3.8) is 0 Å². The lowest BCUT2D eigenvalue weighted by Gasteiger charge is -2.27. The molecule has 1 heterocycles. The molecule has 0 radical (unpaired) electrons. The maximum Gasteiger partial charge on any atom is 0.297 e. The molecule has 154 valence electrons. The number of carbonyl (C=O) groups excluding carboxylic acids is 1. The molecule has 0 aliphatic heterocycles. The van der Waals surface area contributed by atoms with E-state index < -0.39 is 5.54 Å². The summed E-state index contributed by atoms with van der Waals surface area (Å²) in [6, 6.07) is 15.6.